The molecule has 4 aromatic heterocycles. The van der Waals surface area contributed by atoms with Crippen LogP contribution in [0.15, 0.2) is 128 Å². The number of rotatable bonds is 5. The third kappa shape index (κ3) is 5.74. The molecule has 1 aliphatic rings. The average molecular weight is 900 g/mol. The van der Waals surface area contributed by atoms with Crippen LogP contribution in [0.2, 0.25) is 0 Å². The van der Waals surface area contributed by atoms with Crippen LogP contribution >= 0.6 is 11.3 Å². The standard InChI is InChI=1S/C46H34N5OS.Pt/c1-46(2,3)30-21-22-47-44(24-30)51-38-13-7-5-11-33(38)34-20-18-32(27-41(34)51)52-45-26-31(50-28-49(4)39-14-8-9-15-40(39)50)25-37(48-45)29-17-19-36-35-12-6-10-16-42(35)53-43(36)23-29;/h5-25,28H,1-4H3;/q-3;. The fourth-order valence-electron chi connectivity index (χ4n) is 7.39. The third-order valence-electron chi connectivity index (χ3n) is 10.1. The topological polar surface area (TPSA) is 46.4 Å². The van der Waals surface area contributed by atoms with Crippen molar-refractivity contribution in [3.8, 4) is 28.7 Å². The molecule has 5 aromatic carbocycles. The van der Waals surface area contributed by atoms with E-state index in [9.17, 15) is 0 Å². The van der Waals surface area contributed by atoms with Gasteiger partial charge in [-0.15, -0.1) is 28.9 Å². The Labute approximate surface area is 332 Å². The zero-order chi connectivity index (χ0) is 35.8. The van der Waals surface area contributed by atoms with Crippen molar-refractivity contribution in [2.75, 3.05) is 16.8 Å². The Balaban J connectivity index is 0.00000384. The molecular weight excluding hydrogens is 866 g/mol. The fourth-order valence-corrected chi connectivity index (χ4v) is 8.54. The van der Waals surface area contributed by atoms with E-state index in [1.54, 1.807) is 11.3 Å². The van der Waals surface area contributed by atoms with Gasteiger partial charge in [0.2, 0.25) is 0 Å². The molecule has 0 radical (unpaired) electrons. The fraction of sp³-hybridized carbons (Fsp3) is 0.109. The molecule has 54 heavy (non-hydrogen) atoms. The number of anilines is 3. The van der Waals surface area contributed by atoms with Crippen LogP contribution in [0.5, 0.6) is 11.6 Å². The summed E-state index contributed by atoms with van der Waals surface area (Å²) in [5.41, 5.74) is 7.95. The van der Waals surface area contributed by atoms with Gasteiger partial charge in [-0.1, -0.05) is 87.0 Å². The number of nitrogens with zero attached hydrogens (tertiary/aromatic N) is 5. The Morgan fingerprint density at radius 2 is 1.46 bits per heavy atom. The summed E-state index contributed by atoms with van der Waals surface area (Å²) >= 11 is 1.80. The first-order valence-corrected chi connectivity index (χ1v) is 18.5. The first-order valence-electron chi connectivity index (χ1n) is 17.7. The van der Waals surface area contributed by atoms with Crippen molar-refractivity contribution in [1.29, 1.82) is 0 Å². The van der Waals surface area contributed by atoms with E-state index in [4.69, 9.17) is 14.7 Å². The van der Waals surface area contributed by atoms with Crippen molar-refractivity contribution in [3.63, 3.8) is 0 Å². The van der Waals surface area contributed by atoms with Crippen molar-refractivity contribution < 1.29 is 25.8 Å². The van der Waals surface area contributed by atoms with Gasteiger partial charge in [-0.05, 0) is 77.1 Å². The average Bonchev–Trinajstić information content (AvgIpc) is 3.83. The van der Waals surface area contributed by atoms with E-state index in [-0.39, 0.29) is 26.5 Å². The maximum absolute atomic E-state index is 6.66. The number of fused-ring (bicyclic) bond motifs is 7. The van der Waals surface area contributed by atoms with E-state index in [0.29, 0.717) is 11.6 Å². The number of para-hydroxylation sites is 3. The number of pyridine rings is 2. The van der Waals surface area contributed by atoms with Gasteiger partial charge >= 0.3 is 0 Å². The number of aromatic nitrogens is 3. The van der Waals surface area contributed by atoms with Crippen LogP contribution in [-0.4, -0.2) is 21.6 Å². The smallest absolute Gasteiger partial charge is 0.135 e. The second-order valence-corrected chi connectivity index (χ2v) is 15.6. The molecule has 0 unspecified atom stereocenters. The molecule has 0 spiro atoms. The molecule has 6 nitrogen and oxygen atoms in total. The SMILES string of the molecule is CN1[CH-]N(c2[c-]c(Oc3[c-]c4c(cc3)c3ccccc3n4-c3cc(C(C)(C)C)ccn3)nc(-c3ccc4c(c3)sc3ccccc34)c2)c2ccccc21.[Pt]. The largest absolute Gasteiger partial charge is 0.504 e. The first-order chi connectivity index (χ1) is 25.8. The number of benzene rings is 5. The zero-order valence-corrected chi connectivity index (χ0v) is 33.2. The molecule has 0 atom stereocenters. The summed E-state index contributed by atoms with van der Waals surface area (Å²) in [5.74, 6) is 1.75. The Morgan fingerprint density at radius 3 is 2.31 bits per heavy atom. The van der Waals surface area contributed by atoms with E-state index in [2.05, 4.69) is 176 Å². The van der Waals surface area contributed by atoms with Crippen LogP contribution in [0, 0.1) is 18.8 Å². The van der Waals surface area contributed by atoms with Gasteiger partial charge in [-0.2, -0.15) is 30.6 Å². The summed E-state index contributed by atoms with van der Waals surface area (Å²) in [6.45, 7) is 8.74. The molecule has 9 aromatic rings. The molecule has 0 N–H and O–H groups in total. The van der Waals surface area contributed by atoms with Crippen molar-refractivity contribution in [3.05, 3.63) is 152 Å². The van der Waals surface area contributed by atoms with Gasteiger partial charge in [-0.3, -0.25) is 4.98 Å². The maximum atomic E-state index is 6.66. The van der Waals surface area contributed by atoms with E-state index in [1.807, 2.05) is 12.3 Å². The monoisotopic (exact) mass is 899 g/mol. The molecule has 10 rings (SSSR count). The quantitative estimate of drug-likeness (QED) is 0.161. The molecule has 1 aliphatic heterocycles. The summed E-state index contributed by atoms with van der Waals surface area (Å²) in [4.78, 5) is 14.2. The van der Waals surface area contributed by atoms with E-state index in [0.717, 1.165) is 55.9 Å². The Bertz CT molecular complexity index is 2890. The molecule has 0 aliphatic carbocycles. The second kappa shape index (κ2) is 13.1. The summed E-state index contributed by atoms with van der Waals surface area (Å²) in [6.07, 6.45) is 1.89. The normalized spacial score (nSPS) is 12.9. The van der Waals surface area contributed by atoms with Gasteiger partial charge in [0.1, 0.15) is 11.7 Å². The van der Waals surface area contributed by atoms with Crippen LogP contribution in [0.1, 0.15) is 26.3 Å². The maximum Gasteiger partial charge on any atom is 0.135 e. The predicted molar refractivity (Wildman–Crippen MR) is 219 cm³/mol. The number of thiophene rings is 1. The second-order valence-electron chi connectivity index (χ2n) is 14.5. The number of hydrogen-bond donors (Lipinski definition) is 0. The van der Waals surface area contributed by atoms with Gasteiger partial charge in [0.15, 0.2) is 0 Å². The van der Waals surface area contributed by atoms with Crippen LogP contribution in [0.25, 0.3) is 59.1 Å². The molecule has 0 saturated heterocycles. The summed E-state index contributed by atoms with van der Waals surface area (Å²) < 4.78 is 11.3. The molecule has 0 bridgehead atoms. The Hall–Kier alpha value is -5.49. The molecule has 8 heteroatoms. The van der Waals surface area contributed by atoms with Gasteiger partial charge in [-0.25, -0.2) is 4.98 Å². The van der Waals surface area contributed by atoms with Crippen LogP contribution in [-0.2, 0) is 26.5 Å². The van der Waals surface area contributed by atoms with Crippen LogP contribution in [0.3, 0.4) is 0 Å². The van der Waals surface area contributed by atoms with E-state index < -0.39 is 0 Å². The van der Waals surface area contributed by atoms with Gasteiger partial charge in [0.05, 0.1) is 0 Å². The minimum Gasteiger partial charge on any atom is -0.504 e. The minimum atomic E-state index is -0.0255. The van der Waals surface area contributed by atoms with E-state index >= 15 is 0 Å². The van der Waals surface area contributed by atoms with Crippen molar-refractivity contribution in [1.82, 2.24) is 14.5 Å². The first kappa shape index (κ1) is 34.3. The number of hydrogen-bond acceptors (Lipinski definition) is 6. The molecule has 0 fully saturated rings. The summed E-state index contributed by atoms with van der Waals surface area (Å²) in [7, 11) is 2.06. The van der Waals surface area contributed by atoms with E-state index in [1.165, 1.54) is 25.7 Å². The van der Waals surface area contributed by atoms with Crippen LogP contribution in [0.4, 0.5) is 17.1 Å². The summed E-state index contributed by atoms with van der Waals surface area (Å²) in [5, 5.41) is 4.72. The number of ether oxygens (including phenoxy) is 1. The Kier molecular flexibility index (Phi) is 8.33. The van der Waals surface area contributed by atoms with Crippen LogP contribution < -0.4 is 14.5 Å². The van der Waals surface area contributed by atoms with Gasteiger partial charge in [0, 0.05) is 70.1 Å². The van der Waals surface area contributed by atoms with Gasteiger partial charge < -0.3 is 19.1 Å². The predicted octanol–water partition coefficient (Wildman–Crippen LogP) is 12.0. The molecule has 0 amide bonds. The Morgan fingerprint density at radius 1 is 0.722 bits per heavy atom. The third-order valence-corrected chi connectivity index (χ3v) is 11.2. The minimum absolute atomic E-state index is 0. The van der Waals surface area contributed by atoms with Gasteiger partial charge in [0.25, 0.3) is 0 Å². The molecular formula is C46H34N5OPtS-3. The summed E-state index contributed by atoms with van der Waals surface area (Å²) in [6, 6.07) is 49.5. The van der Waals surface area contributed by atoms with Crippen molar-refractivity contribution in [2.24, 2.45) is 0 Å². The molecule has 0 saturated carbocycles. The molecule has 268 valence electrons. The van der Waals surface area contributed by atoms with Crippen molar-refractivity contribution >= 4 is 70.4 Å². The molecule has 5 heterocycles. The zero-order valence-electron chi connectivity index (χ0n) is 30.1. The van der Waals surface area contributed by atoms with Crippen molar-refractivity contribution in [2.45, 2.75) is 26.2 Å².